The Morgan fingerprint density at radius 1 is 0.917 bits per heavy atom. The predicted molar refractivity (Wildman–Crippen MR) is 99.1 cm³/mol. The first-order valence-corrected chi connectivity index (χ1v) is 8.58. The summed E-state index contributed by atoms with van der Waals surface area (Å²) in [6.45, 7) is 2.20. The van der Waals surface area contributed by atoms with Gasteiger partial charge in [0.25, 0.3) is 0 Å². The van der Waals surface area contributed by atoms with Crippen LogP contribution < -0.4 is 4.74 Å². The van der Waals surface area contributed by atoms with E-state index >= 15 is 0 Å². The van der Waals surface area contributed by atoms with Gasteiger partial charge < -0.3 is 4.74 Å². The number of benzene rings is 3. The zero-order valence-corrected chi connectivity index (χ0v) is 14.3. The normalized spacial score (nSPS) is 11.0. The van der Waals surface area contributed by atoms with Crippen molar-refractivity contribution in [1.82, 2.24) is 0 Å². The summed E-state index contributed by atoms with van der Waals surface area (Å²) in [6, 6.07) is 17.5. The van der Waals surface area contributed by atoms with Crippen molar-refractivity contribution in [2.45, 2.75) is 32.6 Å². The number of unbranched alkanes of at least 4 members (excludes halogenated alkanes) is 2. The third-order valence-electron chi connectivity index (χ3n) is 4.49. The third-order valence-corrected chi connectivity index (χ3v) is 4.49. The van der Waals surface area contributed by atoms with Crippen molar-refractivity contribution in [3.8, 4) is 16.9 Å². The van der Waals surface area contributed by atoms with E-state index in [9.17, 15) is 4.39 Å². The van der Waals surface area contributed by atoms with Gasteiger partial charge in [-0.2, -0.15) is 0 Å². The van der Waals surface area contributed by atoms with Gasteiger partial charge >= 0.3 is 0 Å². The van der Waals surface area contributed by atoms with Crippen LogP contribution in [0.5, 0.6) is 5.75 Å². The molecule has 0 amide bonds. The molecule has 0 aliphatic rings. The van der Waals surface area contributed by atoms with E-state index in [0.29, 0.717) is 10.9 Å². The maximum absolute atomic E-state index is 14.9. The van der Waals surface area contributed by atoms with Gasteiger partial charge in [-0.15, -0.1) is 0 Å². The van der Waals surface area contributed by atoms with E-state index in [1.165, 1.54) is 24.8 Å². The number of hydrogen-bond acceptors (Lipinski definition) is 1. The minimum Gasteiger partial charge on any atom is -0.497 e. The highest BCUT2D eigenvalue weighted by Gasteiger charge is 2.10. The largest absolute Gasteiger partial charge is 0.497 e. The number of methoxy groups -OCH3 is 1. The first-order chi connectivity index (χ1) is 11.7. The van der Waals surface area contributed by atoms with E-state index in [-0.39, 0.29) is 5.82 Å². The van der Waals surface area contributed by atoms with Gasteiger partial charge in [-0.1, -0.05) is 62.2 Å². The number of rotatable bonds is 6. The minimum atomic E-state index is -0.155. The molecule has 0 fully saturated rings. The lowest BCUT2D eigenvalue weighted by molar-refractivity contribution is 0.415. The molecule has 3 aromatic carbocycles. The molecule has 0 atom stereocenters. The van der Waals surface area contributed by atoms with Gasteiger partial charge in [0.05, 0.1) is 7.11 Å². The van der Waals surface area contributed by atoms with Crippen molar-refractivity contribution >= 4 is 10.8 Å². The highest BCUT2D eigenvalue weighted by molar-refractivity contribution is 5.88. The molecule has 0 spiro atoms. The van der Waals surface area contributed by atoms with E-state index in [2.05, 4.69) is 19.1 Å². The van der Waals surface area contributed by atoms with E-state index in [1.807, 2.05) is 42.5 Å². The molecule has 0 aromatic heterocycles. The van der Waals surface area contributed by atoms with E-state index in [4.69, 9.17) is 4.74 Å². The van der Waals surface area contributed by atoms with Gasteiger partial charge in [-0.3, -0.25) is 0 Å². The lowest BCUT2D eigenvalue weighted by atomic mass is 9.97. The molecule has 0 unspecified atom stereocenters. The van der Waals surface area contributed by atoms with Crippen LogP contribution >= 0.6 is 0 Å². The zero-order valence-electron chi connectivity index (χ0n) is 14.3. The number of halogens is 1. The first-order valence-electron chi connectivity index (χ1n) is 8.58. The predicted octanol–water partition coefficient (Wildman–Crippen LogP) is 6.39. The molecule has 3 rings (SSSR count). The summed E-state index contributed by atoms with van der Waals surface area (Å²) < 4.78 is 20.1. The summed E-state index contributed by atoms with van der Waals surface area (Å²) in [5.74, 6) is 0.620. The van der Waals surface area contributed by atoms with Crippen LogP contribution in [0.15, 0.2) is 54.6 Å². The Morgan fingerprint density at radius 2 is 1.71 bits per heavy atom. The molecule has 2 heteroatoms. The average Bonchev–Trinajstić information content (AvgIpc) is 2.62. The number of ether oxygens (including phenoxy) is 1. The number of aryl methyl sites for hydroxylation is 1. The molecular weight excluding hydrogens is 299 g/mol. The summed E-state index contributed by atoms with van der Waals surface area (Å²) >= 11 is 0. The van der Waals surface area contributed by atoms with Crippen LogP contribution in [0.4, 0.5) is 4.39 Å². The topological polar surface area (TPSA) is 9.23 Å². The van der Waals surface area contributed by atoms with Crippen LogP contribution in [0.1, 0.15) is 31.7 Å². The van der Waals surface area contributed by atoms with E-state index in [1.54, 1.807) is 7.11 Å². The molecule has 0 saturated heterocycles. The van der Waals surface area contributed by atoms with Gasteiger partial charge in [-0.05, 0) is 41.5 Å². The van der Waals surface area contributed by atoms with Crippen LogP contribution in [0.2, 0.25) is 0 Å². The van der Waals surface area contributed by atoms with Gasteiger partial charge in [0, 0.05) is 10.9 Å². The monoisotopic (exact) mass is 322 g/mol. The molecule has 0 radical (unpaired) electrons. The van der Waals surface area contributed by atoms with Crippen LogP contribution in [0.3, 0.4) is 0 Å². The van der Waals surface area contributed by atoms with Crippen molar-refractivity contribution < 1.29 is 9.13 Å². The zero-order chi connectivity index (χ0) is 16.9. The standard InChI is InChI=1S/C22H23FO/c1-3-4-5-6-16-7-13-21-18(15-16)10-14-20(22(21)23)17-8-11-19(24-2)12-9-17/h7-15H,3-6H2,1-2H3. The molecule has 124 valence electrons. The molecule has 0 aliphatic carbocycles. The molecule has 3 aromatic rings. The Balaban J connectivity index is 1.93. The molecule has 0 N–H and O–H groups in total. The highest BCUT2D eigenvalue weighted by Crippen LogP contribution is 2.30. The smallest absolute Gasteiger partial charge is 0.138 e. The fourth-order valence-corrected chi connectivity index (χ4v) is 3.07. The third kappa shape index (κ3) is 3.43. The van der Waals surface area contributed by atoms with Crippen LogP contribution in [-0.4, -0.2) is 7.11 Å². The first kappa shape index (κ1) is 16.5. The van der Waals surface area contributed by atoms with E-state index < -0.39 is 0 Å². The summed E-state index contributed by atoms with van der Waals surface area (Å²) in [5, 5.41) is 1.65. The lowest BCUT2D eigenvalue weighted by Crippen LogP contribution is -1.90. The SMILES string of the molecule is CCCCCc1ccc2c(F)c(-c3ccc(OC)cc3)ccc2c1. The quantitative estimate of drug-likeness (QED) is 0.478. The van der Waals surface area contributed by atoms with Crippen molar-refractivity contribution in [3.05, 3.63) is 66.0 Å². The summed E-state index contributed by atoms with van der Waals surface area (Å²) in [7, 11) is 1.63. The maximum Gasteiger partial charge on any atom is 0.138 e. The van der Waals surface area contributed by atoms with Crippen molar-refractivity contribution in [2.24, 2.45) is 0 Å². The van der Waals surface area contributed by atoms with E-state index in [0.717, 1.165) is 23.1 Å². The molecule has 0 heterocycles. The number of hydrogen-bond donors (Lipinski definition) is 0. The fourth-order valence-electron chi connectivity index (χ4n) is 3.07. The molecular formula is C22H23FO. The summed E-state index contributed by atoms with van der Waals surface area (Å²) in [5.41, 5.74) is 2.78. The lowest BCUT2D eigenvalue weighted by Gasteiger charge is -2.09. The Morgan fingerprint density at radius 3 is 2.42 bits per heavy atom. The second kappa shape index (κ2) is 7.48. The van der Waals surface area contributed by atoms with Gasteiger partial charge in [0.1, 0.15) is 11.6 Å². The average molecular weight is 322 g/mol. The molecule has 0 aliphatic heterocycles. The molecule has 1 nitrogen and oxygen atoms in total. The second-order valence-electron chi connectivity index (χ2n) is 6.17. The van der Waals surface area contributed by atoms with Crippen molar-refractivity contribution in [2.75, 3.05) is 7.11 Å². The highest BCUT2D eigenvalue weighted by atomic mass is 19.1. The fraction of sp³-hybridized carbons (Fsp3) is 0.273. The molecule has 0 bridgehead atoms. The van der Waals surface area contributed by atoms with Crippen molar-refractivity contribution in [3.63, 3.8) is 0 Å². The van der Waals surface area contributed by atoms with Gasteiger partial charge in [0.15, 0.2) is 0 Å². The van der Waals surface area contributed by atoms with Crippen LogP contribution in [-0.2, 0) is 6.42 Å². The Bertz CT molecular complexity index is 821. The van der Waals surface area contributed by atoms with Gasteiger partial charge in [0.2, 0.25) is 0 Å². The van der Waals surface area contributed by atoms with Crippen LogP contribution in [0.25, 0.3) is 21.9 Å². The Hall–Kier alpha value is -2.35. The Kier molecular flexibility index (Phi) is 5.14. The van der Waals surface area contributed by atoms with Crippen molar-refractivity contribution in [1.29, 1.82) is 0 Å². The van der Waals surface area contributed by atoms with Gasteiger partial charge in [-0.25, -0.2) is 4.39 Å². The second-order valence-corrected chi connectivity index (χ2v) is 6.17. The number of fused-ring (bicyclic) bond motifs is 1. The molecule has 24 heavy (non-hydrogen) atoms. The summed E-state index contributed by atoms with van der Waals surface area (Å²) in [4.78, 5) is 0. The minimum absolute atomic E-state index is 0.155. The molecule has 0 saturated carbocycles. The summed E-state index contributed by atoms with van der Waals surface area (Å²) in [6.07, 6.45) is 4.70. The maximum atomic E-state index is 14.9. The Labute approximate surface area is 143 Å². The van der Waals surface area contributed by atoms with Crippen LogP contribution in [0, 0.1) is 5.82 Å².